The molecule has 3 aromatic rings. The quantitative estimate of drug-likeness (QED) is 0.733. The molecule has 0 radical (unpaired) electrons. The normalized spacial score (nSPS) is 12.1. The molecule has 3 rings (SSSR count). The zero-order valence-corrected chi connectivity index (χ0v) is 14.3. The second kappa shape index (κ2) is 6.97. The number of amides is 1. The van der Waals surface area contributed by atoms with E-state index in [1.807, 2.05) is 44.2 Å². The van der Waals surface area contributed by atoms with Gasteiger partial charge in [0.1, 0.15) is 17.1 Å². The molecule has 0 aliphatic carbocycles. The molecule has 1 N–H and O–H groups in total. The lowest BCUT2D eigenvalue weighted by atomic mass is 10.2. The highest BCUT2D eigenvalue weighted by Gasteiger charge is 2.14. The van der Waals surface area contributed by atoms with Gasteiger partial charge in [-0.25, -0.2) is 0 Å². The first-order valence-corrected chi connectivity index (χ1v) is 8.07. The van der Waals surface area contributed by atoms with Crippen LogP contribution in [-0.4, -0.2) is 12.5 Å². The Labute approximate surface area is 145 Å². The maximum absolute atomic E-state index is 12.1. The summed E-state index contributed by atoms with van der Waals surface area (Å²) < 4.78 is 11.3. The first-order chi connectivity index (χ1) is 11.5. The summed E-state index contributed by atoms with van der Waals surface area (Å²) in [4.78, 5) is 12.1. The van der Waals surface area contributed by atoms with Crippen molar-refractivity contribution in [1.29, 1.82) is 0 Å². The highest BCUT2D eigenvalue weighted by molar-refractivity contribution is 6.30. The topological polar surface area (TPSA) is 51.5 Å². The van der Waals surface area contributed by atoms with E-state index in [-0.39, 0.29) is 18.6 Å². The van der Waals surface area contributed by atoms with Crippen molar-refractivity contribution in [2.24, 2.45) is 0 Å². The minimum Gasteiger partial charge on any atom is -0.484 e. The molecule has 0 unspecified atom stereocenters. The predicted octanol–water partition coefficient (Wildman–Crippen LogP) is 4.65. The molecule has 0 aliphatic rings. The van der Waals surface area contributed by atoms with Crippen molar-refractivity contribution in [2.45, 2.75) is 19.9 Å². The highest BCUT2D eigenvalue weighted by Crippen LogP contribution is 2.24. The van der Waals surface area contributed by atoms with Gasteiger partial charge < -0.3 is 14.5 Å². The lowest BCUT2D eigenvalue weighted by Crippen LogP contribution is -2.31. The van der Waals surface area contributed by atoms with Crippen LogP contribution in [0.25, 0.3) is 11.0 Å². The van der Waals surface area contributed by atoms with Crippen LogP contribution in [0.1, 0.15) is 24.3 Å². The Morgan fingerprint density at radius 2 is 2.04 bits per heavy atom. The van der Waals surface area contributed by atoms with Gasteiger partial charge >= 0.3 is 0 Å². The van der Waals surface area contributed by atoms with Crippen LogP contribution in [0.2, 0.25) is 5.02 Å². The summed E-state index contributed by atoms with van der Waals surface area (Å²) in [6.07, 6.45) is 0. The van der Waals surface area contributed by atoms with E-state index in [4.69, 9.17) is 20.8 Å². The lowest BCUT2D eigenvalue weighted by molar-refractivity contribution is -0.123. The number of nitrogens with one attached hydrogen (secondary N) is 1. The zero-order valence-electron chi connectivity index (χ0n) is 13.5. The van der Waals surface area contributed by atoms with Gasteiger partial charge in [0, 0.05) is 10.4 Å². The molecule has 5 heteroatoms. The summed E-state index contributed by atoms with van der Waals surface area (Å²) >= 11 is 5.90. The number of para-hydroxylation sites is 1. The Balaban J connectivity index is 1.59. The number of fused-ring (bicyclic) bond motifs is 1. The second-order valence-corrected chi connectivity index (χ2v) is 6.11. The summed E-state index contributed by atoms with van der Waals surface area (Å²) in [6, 6.07) is 14.7. The third kappa shape index (κ3) is 3.71. The first kappa shape index (κ1) is 16.4. The van der Waals surface area contributed by atoms with E-state index < -0.39 is 0 Å². The summed E-state index contributed by atoms with van der Waals surface area (Å²) in [5, 5.41) is 4.53. The van der Waals surface area contributed by atoms with Crippen molar-refractivity contribution >= 4 is 28.5 Å². The number of carbonyl (C=O) groups excluding carboxylic acids is 1. The van der Waals surface area contributed by atoms with Crippen LogP contribution in [-0.2, 0) is 4.79 Å². The van der Waals surface area contributed by atoms with Crippen LogP contribution in [0, 0.1) is 6.92 Å². The van der Waals surface area contributed by atoms with Gasteiger partial charge in [0.2, 0.25) is 0 Å². The van der Waals surface area contributed by atoms with Crippen LogP contribution in [0.5, 0.6) is 5.75 Å². The molecule has 4 nitrogen and oxygen atoms in total. The third-order valence-corrected chi connectivity index (χ3v) is 3.98. The molecule has 0 spiro atoms. The van der Waals surface area contributed by atoms with Crippen molar-refractivity contribution in [1.82, 2.24) is 5.32 Å². The molecule has 2 aromatic carbocycles. The monoisotopic (exact) mass is 343 g/mol. The number of benzene rings is 2. The molecule has 0 fully saturated rings. The van der Waals surface area contributed by atoms with E-state index in [0.717, 1.165) is 16.5 Å². The summed E-state index contributed by atoms with van der Waals surface area (Å²) in [5.74, 6) is 1.15. The van der Waals surface area contributed by atoms with Gasteiger partial charge in [0.25, 0.3) is 5.91 Å². The average Bonchev–Trinajstić information content (AvgIpc) is 2.98. The molecule has 24 heavy (non-hydrogen) atoms. The minimum atomic E-state index is -0.236. The smallest absolute Gasteiger partial charge is 0.258 e. The summed E-state index contributed by atoms with van der Waals surface area (Å²) in [7, 11) is 0. The number of rotatable bonds is 5. The minimum absolute atomic E-state index is 0.0625. The fourth-order valence-corrected chi connectivity index (χ4v) is 2.71. The average molecular weight is 344 g/mol. The fraction of sp³-hybridized carbons (Fsp3) is 0.211. The predicted molar refractivity (Wildman–Crippen MR) is 94.5 cm³/mol. The number of hydrogen-bond acceptors (Lipinski definition) is 3. The van der Waals surface area contributed by atoms with Crippen LogP contribution in [0.3, 0.4) is 0 Å². The molecule has 1 aromatic heterocycles. The SMILES string of the molecule is Cc1cc(Cl)ccc1OCC(=O)N[C@@H](C)c1cc2ccccc2o1. The maximum atomic E-state index is 12.1. The van der Waals surface area contributed by atoms with Gasteiger partial charge in [-0.2, -0.15) is 0 Å². The Hall–Kier alpha value is -2.46. The summed E-state index contributed by atoms with van der Waals surface area (Å²) in [5.41, 5.74) is 1.70. The van der Waals surface area contributed by atoms with Crippen LogP contribution in [0.4, 0.5) is 0 Å². The van der Waals surface area contributed by atoms with Crippen LogP contribution >= 0.6 is 11.6 Å². The number of hydrogen-bond donors (Lipinski definition) is 1. The largest absolute Gasteiger partial charge is 0.484 e. The van der Waals surface area contributed by atoms with Gasteiger partial charge in [-0.05, 0) is 49.7 Å². The van der Waals surface area contributed by atoms with E-state index in [1.165, 1.54) is 0 Å². The van der Waals surface area contributed by atoms with E-state index in [9.17, 15) is 4.79 Å². The van der Waals surface area contributed by atoms with E-state index in [2.05, 4.69) is 5.32 Å². The molecule has 0 bridgehead atoms. The van der Waals surface area contributed by atoms with Crippen molar-refractivity contribution in [2.75, 3.05) is 6.61 Å². The number of furan rings is 1. The Morgan fingerprint density at radius 3 is 2.79 bits per heavy atom. The van der Waals surface area contributed by atoms with Gasteiger partial charge in [-0.15, -0.1) is 0 Å². The van der Waals surface area contributed by atoms with Crippen molar-refractivity contribution in [3.63, 3.8) is 0 Å². The van der Waals surface area contributed by atoms with Crippen molar-refractivity contribution in [3.05, 3.63) is 64.9 Å². The van der Waals surface area contributed by atoms with Gasteiger partial charge in [-0.1, -0.05) is 29.8 Å². The number of aryl methyl sites for hydroxylation is 1. The maximum Gasteiger partial charge on any atom is 0.258 e. The summed E-state index contributed by atoms with van der Waals surface area (Å²) in [6.45, 7) is 3.70. The molecule has 0 saturated carbocycles. The first-order valence-electron chi connectivity index (χ1n) is 7.70. The van der Waals surface area contributed by atoms with E-state index >= 15 is 0 Å². The molecule has 0 saturated heterocycles. The second-order valence-electron chi connectivity index (χ2n) is 5.67. The van der Waals surface area contributed by atoms with E-state index in [1.54, 1.807) is 18.2 Å². The van der Waals surface area contributed by atoms with E-state index in [0.29, 0.717) is 16.5 Å². The molecular formula is C19H18ClNO3. The number of halogens is 1. The third-order valence-electron chi connectivity index (χ3n) is 3.74. The Morgan fingerprint density at radius 1 is 1.25 bits per heavy atom. The molecule has 0 aliphatic heterocycles. The van der Waals surface area contributed by atoms with Gasteiger partial charge in [0.05, 0.1) is 6.04 Å². The molecular weight excluding hydrogens is 326 g/mol. The molecule has 1 amide bonds. The molecule has 124 valence electrons. The lowest BCUT2D eigenvalue weighted by Gasteiger charge is -2.13. The van der Waals surface area contributed by atoms with Gasteiger partial charge in [-0.3, -0.25) is 4.79 Å². The van der Waals surface area contributed by atoms with Crippen LogP contribution < -0.4 is 10.1 Å². The molecule has 1 atom stereocenters. The highest BCUT2D eigenvalue weighted by atomic mass is 35.5. The molecule has 1 heterocycles. The van der Waals surface area contributed by atoms with Crippen LogP contribution in [0.15, 0.2) is 52.9 Å². The fourth-order valence-electron chi connectivity index (χ4n) is 2.49. The Bertz CT molecular complexity index is 839. The van der Waals surface area contributed by atoms with Crippen molar-refractivity contribution < 1.29 is 13.9 Å². The van der Waals surface area contributed by atoms with Crippen molar-refractivity contribution in [3.8, 4) is 5.75 Å². The standard InChI is InChI=1S/C19H18ClNO3/c1-12-9-15(20)7-8-16(12)23-11-19(22)21-13(2)18-10-14-5-3-4-6-17(14)24-18/h3-10,13H,11H2,1-2H3,(H,21,22)/t13-/m0/s1. The number of carbonyl (C=O) groups is 1. The Kier molecular flexibility index (Phi) is 4.76. The number of ether oxygens (including phenoxy) is 1. The van der Waals surface area contributed by atoms with Gasteiger partial charge in [0.15, 0.2) is 6.61 Å². The zero-order chi connectivity index (χ0) is 17.1.